The molecule has 0 amide bonds. The van der Waals surface area contributed by atoms with E-state index in [0.29, 0.717) is 24.9 Å². The van der Waals surface area contributed by atoms with Crippen molar-refractivity contribution in [2.75, 3.05) is 19.5 Å². The van der Waals surface area contributed by atoms with E-state index in [4.69, 9.17) is 9.47 Å². The molecule has 0 spiro atoms. The minimum absolute atomic E-state index is 0.108. The van der Waals surface area contributed by atoms with Crippen LogP contribution in [0.3, 0.4) is 0 Å². The molecule has 0 atom stereocenters. The standard InChI is InChI=1S/C26H36N4O3S/c1-19(2)12-14-30-25(17-33-22-10-7-6-8-11-22)27-28-26(30)34-18-24(31)23-16-20(3)29(21(23)4)13-9-15-32-5/h6-8,10-11,16,19H,9,12-15,17-18H2,1-5H3. The van der Waals surface area contributed by atoms with E-state index in [1.165, 1.54) is 11.8 Å². The van der Waals surface area contributed by atoms with Gasteiger partial charge in [-0.05, 0) is 50.8 Å². The number of carbonyl (C=O) groups is 1. The second-order valence-electron chi connectivity index (χ2n) is 8.83. The fraction of sp³-hybridized carbons (Fsp3) is 0.500. The molecule has 184 valence electrons. The van der Waals surface area contributed by atoms with Crippen LogP contribution in [-0.4, -0.2) is 44.6 Å². The Balaban J connectivity index is 1.69. The minimum atomic E-state index is 0.108. The summed E-state index contributed by atoms with van der Waals surface area (Å²) in [6.45, 7) is 11.1. The number of hydrogen-bond acceptors (Lipinski definition) is 6. The van der Waals surface area contributed by atoms with E-state index >= 15 is 0 Å². The summed E-state index contributed by atoms with van der Waals surface area (Å²) in [5.74, 6) is 2.55. The van der Waals surface area contributed by atoms with E-state index in [9.17, 15) is 4.79 Å². The zero-order valence-corrected chi connectivity index (χ0v) is 21.7. The molecule has 0 bridgehead atoms. The Kier molecular flexibility index (Phi) is 9.77. The second kappa shape index (κ2) is 12.8. The molecule has 0 radical (unpaired) electrons. The van der Waals surface area contributed by atoms with Gasteiger partial charge in [-0.25, -0.2) is 0 Å². The van der Waals surface area contributed by atoms with Crippen molar-refractivity contribution >= 4 is 17.5 Å². The van der Waals surface area contributed by atoms with Crippen LogP contribution >= 0.6 is 11.8 Å². The molecule has 34 heavy (non-hydrogen) atoms. The topological polar surface area (TPSA) is 71.2 Å². The number of hydrogen-bond donors (Lipinski definition) is 0. The molecule has 0 saturated heterocycles. The van der Waals surface area contributed by atoms with Crippen molar-refractivity contribution < 1.29 is 14.3 Å². The van der Waals surface area contributed by atoms with Crippen molar-refractivity contribution in [3.8, 4) is 5.75 Å². The first kappa shape index (κ1) is 26.0. The lowest BCUT2D eigenvalue weighted by Crippen LogP contribution is -2.11. The number of aromatic nitrogens is 4. The van der Waals surface area contributed by atoms with Crippen molar-refractivity contribution in [3.63, 3.8) is 0 Å². The number of carbonyl (C=O) groups excluding carboxylic acids is 1. The second-order valence-corrected chi connectivity index (χ2v) is 9.77. The van der Waals surface area contributed by atoms with Gasteiger partial charge in [0.2, 0.25) is 0 Å². The molecule has 0 N–H and O–H groups in total. The fourth-order valence-corrected chi connectivity index (χ4v) is 4.68. The van der Waals surface area contributed by atoms with Gasteiger partial charge in [0, 0.05) is 43.8 Å². The van der Waals surface area contributed by atoms with Crippen LogP contribution < -0.4 is 4.74 Å². The number of rotatable bonds is 14. The van der Waals surface area contributed by atoms with E-state index < -0.39 is 0 Å². The number of para-hydroxylation sites is 1. The van der Waals surface area contributed by atoms with Crippen LogP contribution in [0.2, 0.25) is 0 Å². The molecule has 7 nitrogen and oxygen atoms in total. The Labute approximate surface area is 206 Å². The number of methoxy groups -OCH3 is 1. The summed E-state index contributed by atoms with van der Waals surface area (Å²) in [6, 6.07) is 11.7. The smallest absolute Gasteiger partial charge is 0.191 e. The van der Waals surface area contributed by atoms with Crippen LogP contribution in [0, 0.1) is 19.8 Å². The summed E-state index contributed by atoms with van der Waals surface area (Å²) < 4.78 is 15.4. The van der Waals surface area contributed by atoms with Crippen molar-refractivity contribution in [2.24, 2.45) is 5.92 Å². The predicted octanol–water partition coefficient (Wildman–Crippen LogP) is 5.33. The summed E-state index contributed by atoms with van der Waals surface area (Å²) in [7, 11) is 1.71. The number of Topliss-reactive ketones (excluding diaryl/α,β-unsaturated/α-hetero) is 1. The van der Waals surface area contributed by atoms with E-state index in [1.807, 2.05) is 50.2 Å². The SMILES string of the molecule is COCCCn1c(C)cc(C(=O)CSc2nnc(COc3ccccc3)n2CCC(C)C)c1C. The Morgan fingerprint density at radius 1 is 1.09 bits per heavy atom. The van der Waals surface area contributed by atoms with Crippen LogP contribution in [0.1, 0.15) is 54.3 Å². The first-order valence-corrected chi connectivity index (χ1v) is 12.8. The molecule has 0 aliphatic heterocycles. The largest absolute Gasteiger partial charge is 0.486 e. The van der Waals surface area contributed by atoms with Crippen molar-refractivity contribution in [2.45, 2.75) is 65.4 Å². The van der Waals surface area contributed by atoms with E-state index in [0.717, 1.165) is 59.6 Å². The van der Waals surface area contributed by atoms with E-state index in [2.05, 4.69) is 33.2 Å². The molecule has 0 fully saturated rings. The number of benzene rings is 1. The molecular formula is C26H36N4O3S. The van der Waals surface area contributed by atoms with Gasteiger partial charge in [-0.3, -0.25) is 4.79 Å². The third-order valence-electron chi connectivity index (χ3n) is 5.77. The highest BCUT2D eigenvalue weighted by molar-refractivity contribution is 7.99. The summed E-state index contributed by atoms with van der Waals surface area (Å²) in [5.41, 5.74) is 2.89. The maximum absolute atomic E-state index is 13.1. The van der Waals surface area contributed by atoms with Gasteiger partial charge in [-0.2, -0.15) is 0 Å². The summed E-state index contributed by atoms with van der Waals surface area (Å²) in [4.78, 5) is 13.1. The van der Waals surface area contributed by atoms with Crippen LogP contribution in [0.4, 0.5) is 0 Å². The molecule has 3 aromatic rings. The van der Waals surface area contributed by atoms with Gasteiger partial charge in [-0.1, -0.05) is 43.8 Å². The third-order valence-corrected chi connectivity index (χ3v) is 6.74. The zero-order chi connectivity index (χ0) is 24.5. The number of aryl methyl sites for hydroxylation is 1. The number of ether oxygens (including phenoxy) is 2. The van der Waals surface area contributed by atoms with Gasteiger partial charge in [0.05, 0.1) is 5.75 Å². The van der Waals surface area contributed by atoms with Crippen molar-refractivity contribution in [1.29, 1.82) is 0 Å². The lowest BCUT2D eigenvalue weighted by atomic mass is 10.1. The van der Waals surface area contributed by atoms with Crippen LogP contribution in [0.15, 0.2) is 41.6 Å². The minimum Gasteiger partial charge on any atom is -0.486 e. The molecular weight excluding hydrogens is 448 g/mol. The average molecular weight is 485 g/mol. The number of nitrogens with zero attached hydrogens (tertiary/aromatic N) is 4. The lowest BCUT2D eigenvalue weighted by molar-refractivity contribution is 0.102. The predicted molar refractivity (Wildman–Crippen MR) is 136 cm³/mol. The number of thioether (sulfide) groups is 1. The van der Waals surface area contributed by atoms with Crippen molar-refractivity contribution in [1.82, 2.24) is 19.3 Å². The quantitative estimate of drug-likeness (QED) is 0.175. The zero-order valence-electron chi connectivity index (χ0n) is 20.9. The van der Waals surface area contributed by atoms with Crippen molar-refractivity contribution in [3.05, 3.63) is 59.2 Å². The van der Waals surface area contributed by atoms with Gasteiger partial charge in [-0.15, -0.1) is 10.2 Å². The first-order chi connectivity index (χ1) is 16.4. The summed E-state index contributed by atoms with van der Waals surface area (Å²) in [6.07, 6.45) is 1.92. The molecule has 0 saturated carbocycles. The Bertz CT molecular complexity index is 1060. The highest BCUT2D eigenvalue weighted by atomic mass is 32.2. The maximum Gasteiger partial charge on any atom is 0.191 e. The highest BCUT2D eigenvalue weighted by Crippen LogP contribution is 2.23. The third kappa shape index (κ3) is 6.96. The van der Waals surface area contributed by atoms with E-state index in [-0.39, 0.29) is 5.78 Å². The lowest BCUT2D eigenvalue weighted by Gasteiger charge is -2.12. The van der Waals surface area contributed by atoms with Crippen LogP contribution in [-0.2, 0) is 24.4 Å². The van der Waals surface area contributed by atoms with Gasteiger partial charge < -0.3 is 18.6 Å². The van der Waals surface area contributed by atoms with Gasteiger partial charge in [0.25, 0.3) is 0 Å². The Morgan fingerprint density at radius 2 is 1.85 bits per heavy atom. The molecule has 0 unspecified atom stereocenters. The molecule has 1 aromatic carbocycles. The van der Waals surface area contributed by atoms with Gasteiger partial charge in [0.1, 0.15) is 12.4 Å². The normalized spacial score (nSPS) is 11.4. The monoisotopic (exact) mass is 484 g/mol. The molecule has 3 rings (SSSR count). The Morgan fingerprint density at radius 3 is 2.56 bits per heavy atom. The molecule has 2 aromatic heterocycles. The van der Waals surface area contributed by atoms with Crippen LogP contribution in [0.5, 0.6) is 5.75 Å². The molecule has 8 heteroatoms. The average Bonchev–Trinajstić information content (AvgIpc) is 3.35. The first-order valence-electron chi connectivity index (χ1n) is 11.8. The number of ketones is 1. The molecule has 2 heterocycles. The fourth-order valence-electron chi connectivity index (χ4n) is 3.81. The maximum atomic E-state index is 13.1. The summed E-state index contributed by atoms with van der Waals surface area (Å²) >= 11 is 1.44. The Hall–Kier alpha value is -2.58. The van der Waals surface area contributed by atoms with E-state index in [1.54, 1.807) is 7.11 Å². The highest BCUT2D eigenvalue weighted by Gasteiger charge is 2.19. The van der Waals surface area contributed by atoms with Gasteiger partial charge >= 0.3 is 0 Å². The summed E-state index contributed by atoms with van der Waals surface area (Å²) in [5, 5.41) is 9.53. The molecule has 0 aliphatic rings. The van der Waals surface area contributed by atoms with Crippen LogP contribution in [0.25, 0.3) is 0 Å². The molecule has 0 aliphatic carbocycles. The van der Waals surface area contributed by atoms with Gasteiger partial charge in [0.15, 0.2) is 16.8 Å².